The predicted molar refractivity (Wildman–Crippen MR) is 55.1 cm³/mol. The highest BCUT2D eigenvalue weighted by Gasteiger charge is 2.07. The Kier molecular flexibility index (Phi) is 4.52. The molecule has 76 valence electrons. The topological polar surface area (TPSA) is 52.1 Å². The van der Waals surface area contributed by atoms with E-state index in [1.165, 1.54) is 0 Å². The molecule has 0 aliphatic carbocycles. The van der Waals surface area contributed by atoms with Gasteiger partial charge in [0.2, 0.25) is 0 Å². The molecule has 14 heavy (non-hydrogen) atoms. The molecule has 1 heterocycles. The van der Waals surface area contributed by atoms with Crippen molar-refractivity contribution in [2.45, 2.75) is 19.4 Å². The van der Waals surface area contributed by atoms with E-state index in [2.05, 4.69) is 25.9 Å². The fourth-order valence-electron chi connectivity index (χ4n) is 0.954. The van der Waals surface area contributed by atoms with Crippen LogP contribution in [0, 0.1) is 0 Å². The molecule has 0 bridgehead atoms. The van der Waals surface area contributed by atoms with Gasteiger partial charge in [0.25, 0.3) is 6.47 Å². The van der Waals surface area contributed by atoms with Crippen LogP contribution in [-0.2, 0) is 16.0 Å². The van der Waals surface area contributed by atoms with Crippen molar-refractivity contribution in [3.63, 3.8) is 0 Å². The van der Waals surface area contributed by atoms with Crippen LogP contribution in [0.5, 0.6) is 0 Å². The van der Waals surface area contributed by atoms with E-state index in [4.69, 9.17) is 4.74 Å². The van der Waals surface area contributed by atoms with Crippen molar-refractivity contribution in [3.05, 3.63) is 23.8 Å². The van der Waals surface area contributed by atoms with Crippen molar-refractivity contribution in [1.82, 2.24) is 9.97 Å². The summed E-state index contributed by atoms with van der Waals surface area (Å²) in [6.45, 7) is 2.17. The fraction of sp³-hybridized carbons (Fsp3) is 0.444. The number of ether oxygens (including phenoxy) is 1. The summed E-state index contributed by atoms with van der Waals surface area (Å²) in [5.41, 5.74) is 1.58. The number of halogens is 1. The lowest BCUT2D eigenvalue weighted by atomic mass is 10.3. The van der Waals surface area contributed by atoms with Crippen molar-refractivity contribution >= 4 is 22.4 Å². The first-order valence-electron chi connectivity index (χ1n) is 4.23. The highest BCUT2D eigenvalue weighted by molar-refractivity contribution is 9.09. The molecular formula is C9H11BrN2O2. The van der Waals surface area contributed by atoms with E-state index in [-0.39, 0.29) is 6.10 Å². The summed E-state index contributed by atoms with van der Waals surface area (Å²) in [5, 5.41) is 0.863. The van der Waals surface area contributed by atoms with E-state index >= 15 is 0 Å². The maximum Gasteiger partial charge on any atom is 0.293 e. The minimum absolute atomic E-state index is 0.335. The van der Waals surface area contributed by atoms with Crippen LogP contribution >= 0.6 is 15.9 Å². The molecule has 1 aromatic rings. The smallest absolute Gasteiger partial charge is 0.293 e. The second kappa shape index (κ2) is 5.70. The number of hydrogen-bond acceptors (Lipinski definition) is 4. The molecule has 4 nitrogen and oxygen atoms in total. The van der Waals surface area contributed by atoms with Gasteiger partial charge in [-0.15, -0.1) is 0 Å². The van der Waals surface area contributed by atoms with Gasteiger partial charge in [0.1, 0.15) is 6.10 Å². The molecule has 0 aromatic carbocycles. The molecule has 0 saturated heterocycles. The number of carbonyl (C=O) groups excluding carboxylic acids is 1. The molecule has 0 spiro atoms. The van der Waals surface area contributed by atoms with Crippen LogP contribution in [0.3, 0.4) is 0 Å². The van der Waals surface area contributed by atoms with Gasteiger partial charge >= 0.3 is 0 Å². The highest BCUT2D eigenvalue weighted by Crippen LogP contribution is 2.11. The summed E-state index contributed by atoms with van der Waals surface area (Å²) in [5.74, 6) is 0. The Hall–Kier alpha value is -0.970. The SMILES string of the molecule is CC(OC=O)c1cnc(CCBr)cn1. The minimum atomic E-state index is -0.335. The monoisotopic (exact) mass is 258 g/mol. The van der Waals surface area contributed by atoms with Crippen LogP contribution < -0.4 is 0 Å². The van der Waals surface area contributed by atoms with Crippen molar-refractivity contribution < 1.29 is 9.53 Å². The first-order chi connectivity index (χ1) is 6.77. The molecular weight excluding hydrogens is 248 g/mol. The van der Waals surface area contributed by atoms with Gasteiger partial charge in [-0.1, -0.05) is 15.9 Å². The molecule has 5 heteroatoms. The second-order valence-corrected chi connectivity index (χ2v) is 3.54. The Labute approximate surface area is 90.8 Å². The second-order valence-electron chi connectivity index (χ2n) is 2.75. The molecule has 0 radical (unpaired) electrons. The van der Waals surface area contributed by atoms with Crippen LogP contribution in [0.25, 0.3) is 0 Å². The lowest BCUT2D eigenvalue weighted by Gasteiger charge is -2.08. The quantitative estimate of drug-likeness (QED) is 0.596. The standard InChI is InChI=1S/C9H11BrN2O2/c1-7(14-6-13)9-5-11-8(2-3-10)4-12-9/h4-7H,2-3H2,1H3. The molecule has 0 amide bonds. The molecule has 1 aromatic heterocycles. The van der Waals surface area contributed by atoms with E-state index in [0.29, 0.717) is 12.2 Å². The van der Waals surface area contributed by atoms with Crippen LogP contribution in [-0.4, -0.2) is 21.8 Å². The third kappa shape index (κ3) is 3.06. The van der Waals surface area contributed by atoms with E-state index in [1.54, 1.807) is 19.3 Å². The maximum absolute atomic E-state index is 10.1. The van der Waals surface area contributed by atoms with E-state index in [1.807, 2.05) is 0 Å². The average Bonchev–Trinajstić information content (AvgIpc) is 2.20. The van der Waals surface area contributed by atoms with Crippen molar-refractivity contribution in [1.29, 1.82) is 0 Å². The van der Waals surface area contributed by atoms with Gasteiger partial charge in [0.05, 0.1) is 17.6 Å². The first-order valence-corrected chi connectivity index (χ1v) is 5.36. The number of carbonyl (C=O) groups is 1. The van der Waals surface area contributed by atoms with E-state index in [0.717, 1.165) is 17.4 Å². The Morgan fingerprint density at radius 3 is 2.86 bits per heavy atom. The summed E-state index contributed by atoms with van der Waals surface area (Å²) < 4.78 is 4.74. The van der Waals surface area contributed by atoms with Crippen LogP contribution in [0.2, 0.25) is 0 Å². The number of aryl methyl sites for hydroxylation is 1. The summed E-state index contributed by atoms with van der Waals surface area (Å²) in [6.07, 6.45) is 3.84. The predicted octanol–water partition coefficient (Wildman–Crippen LogP) is 1.65. The Morgan fingerprint density at radius 1 is 1.57 bits per heavy atom. The number of aromatic nitrogens is 2. The zero-order valence-electron chi connectivity index (χ0n) is 7.81. The van der Waals surface area contributed by atoms with Crippen molar-refractivity contribution in [3.8, 4) is 0 Å². The van der Waals surface area contributed by atoms with Gasteiger partial charge in [-0.3, -0.25) is 14.8 Å². The molecule has 0 N–H and O–H groups in total. The third-order valence-electron chi connectivity index (χ3n) is 1.75. The fourth-order valence-corrected chi connectivity index (χ4v) is 1.36. The molecule has 0 saturated carbocycles. The number of alkyl halides is 1. The number of nitrogens with zero attached hydrogens (tertiary/aromatic N) is 2. The van der Waals surface area contributed by atoms with Gasteiger partial charge in [-0.05, 0) is 6.92 Å². The molecule has 1 unspecified atom stereocenters. The lowest BCUT2D eigenvalue weighted by molar-refractivity contribution is -0.133. The normalized spacial score (nSPS) is 12.1. The van der Waals surface area contributed by atoms with Crippen LogP contribution in [0.4, 0.5) is 0 Å². The average molecular weight is 259 g/mol. The summed E-state index contributed by atoms with van der Waals surface area (Å²) >= 11 is 3.32. The number of rotatable bonds is 5. The Morgan fingerprint density at radius 2 is 2.36 bits per heavy atom. The Balaban J connectivity index is 2.67. The lowest BCUT2D eigenvalue weighted by Crippen LogP contribution is -2.03. The van der Waals surface area contributed by atoms with Gasteiger partial charge in [0, 0.05) is 17.9 Å². The van der Waals surface area contributed by atoms with Gasteiger partial charge in [-0.25, -0.2) is 0 Å². The maximum atomic E-state index is 10.1. The van der Waals surface area contributed by atoms with Crippen LogP contribution in [0.1, 0.15) is 24.4 Å². The molecule has 0 aliphatic heterocycles. The zero-order valence-corrected chi connectivity index (χ0v) is 9.40. The van der Waals surface area contributed by atoms with Gasteiger partial charge in [-0.2, -0.15) is 0 Å². The summed E-state index contributed by atoms with van der Waals surface area (Å²) in [4.78, 5) is 18.4. The molecule has 0 fully saturated rings. The Bertz CT molecular complexity index is 289. The van der Waals surface area contributed by atoms with Gasteiger partial charge in [0.15, 0.2) is 0 Å². The molecule has 1 rings (SSSR count). The summed E-state index contributed by atoms with van der Waals surface area (Å²) in [6, 6.07) is 0. The van der Waals surface area contributed by atoms with E-state index in [9.17, 15) is 4.79 Å². The number of hydrogen-bond donors (Lipinski definition) is 0. The largest absolute Gasteiger partial charge is 0.458 e. The first kappa shape index (κ1) is 11.1. The molecule has 1 atom stereocenters. The van der Waals surface area contributed by atoms with Crippen molar-refractivity contribution in [2.75, 3.05) is 5.33 Å². The molecule has 0 aliphatic rings. The van der Waals surface area contributed by atoms with E-state index < -0.39 is 0 Å². The van der Waals surface area contributed by atoms with Gasteiger partial charge < -0.3 is 4.74 Å². The van der Waals surface area contributed by atoms with Crippen LogP contribution in [0.15, 0.2) is 12.4 Å². The zero-order chi connectivity index (χ0) is 10.4. The van der Waals surface area contributed by atoms with Crippen molar-refractivity contribution in [2.24, 2.45) is 0 Å². The minimum Gasteiger partial charge on any atom is -0.458 e. The third-order valence-corrected chi connectivity index (χ3v) is 2.15. The highest BCUT2D eigenvalue weighted by atomic mass is 79.9. The summed E-state index contributed by atoms with van der Waals surface area (Å²) in [7, 11) is 0.